The molecule has 0 fully saturated rings. The first-order valence-corrected chi connectivity index (χ1v) is 7.02. The Morgan fingerprint density at radius 1 is 1.09 bits per heavy atom. The molecule has 2 aromatic carbocycles. The van der Waals surface area contributed by atoms with Crippen LogP contribution in [0.1, 0.15) is 10.4 Å². The summed E-state index contributed by atoms with van der Waals surface area (Å²) in [7, 11) is 3.02. The lowest BCUT2D eigenvalue weighted by Gasteiger charge is -2.12. The van der Waals surface area contributed by atoms with Crippen molar-refractivity contribution in [3.05, 3.63) is 54.1 Å². The summed E-state index contributed by atoms with van der Waals surface area (Å²) in [5.41, 5.74) is 0.921. The standard InChI is InChI=1S/C17H18N2O4/c1-18-17(21)12-8-9-14(15(10-12)22-2)19-16(20)11-23-13-6-4-3-5-7-13/h3-10H,11H2,1-2H3,(H,18,21)(H,19,20). The number of para-hydroxylation sites is 1. The number of hydrogen-bond acceptors (Lipinski definition) is 4. The Kier molecular flexibility index (Phi) is 5.57. The van der Waals surface area contributed by atoms with Gasteiger partial charge < -0.3 is 20.1 Å². The average Bonchev–Trinajstić information content (AvgIpc) is 2.60. The molecule has 0 aromatic heterocycles. The second kappa shape index (κ2) is 7.84. The van der Waals surface area contributed by atoms with Crippen molar-refractivity contribution in [3.8, 4) is 11.5 Å². The van der Waals surface area contributed by atoms with Gasteiger partial charge in [-0.25, -0.2) is 0 Å². The summed E-state index contributed by atoms with van der Waals surface area (Å²) >= 11 is 0. The van der Waals surface area contributed by atoms with Gasteiger partial charge in [-0.3, -0.25) is 9.59 Å². The first-order chi connectivity index (χ1) is 11.1. The van der Waals surface area contributed by atoms with Crippen LogP contribution in [0.3, 0.4) is 0 Å². The minimum Gasteiger partial charge on any atom is -0.495 e. The molecule has 2 aromatic rings. The Bertz CT molecular complexity index is 686. The van der Waals surface area contributed by atoms with Crippen LogP contribution in [0.25, 0.3) is 0 Å². The van der Waals surface area contributed by atoms with Crippen molar-refractivity contribution in [2.75, 3.05) is 26.1 Å². The minimum atomic E-state index is -0.320. The highest BCUT2D eigenvalue weighted by molar-refractivity contribution is 5.97. The Labute approximate surface area is 134 Å². The molecule has 23 heavy (non-hydrogen) atoms. The van der Waals surface area contributed by atoms with Crippen LogP contribution in [-0.2, 0) is 4.79 Å². The third kappa shape index (κ3) is 4.47. The van der Waals surface area contributed by atoms with Crippen molar-refractivity contribution in [1.29, 1.82) is 0 Å². The van der Waals surface area contributed by atoms with E-state index in [1.807, 2.05) is 18.2 Å². The zero-order valence-corrected chi connectivity index (χ0v) is 13.0. The van der Waals surface area contributed by atoms with Crippen molar-refractivity contribution in [1.82, 2.24) is 5.32 Å². The van der Waals surface area contributed by atoms with Crippen LogP contribution in [0, 0.1) is 0 Å². The maximum atomic E-state index is 12.0. The Balaban J connectivity index is 2.01. The van der Waals surface area contributed by atoms with Crippen LogP contribution in [0.2, 0.25) is 0 Å². The molecular formula is C17H18N2O4. The molecule has 0 radical (unpaired) electrons. The fourth-order valence-corrected chi connectivity index (χ4v) is 1.93. The number of anilines is 1. The number of methoxy groups -OCH3 is 1. The summed E-state index contributed by atoms with van der Waals surface area (Å²) in [4.78, 5) is 23.6. The lowest BCUT2D eigenvalue weighted by molar-refractivity contribution is -0.118. The first kappa shape index (κ1) is 16.4. The Morgan fingerprint density at radius 3 is 2.48 bits per heavy atom. The fraction of sp³-hybridized carbons (Fsp3) is 0.176. The molecule has 2 N–H and O–H groups in total. The average molecular weight is 314 g/mol. The number of carbonyl (C=O) groups excluding carboxylic acids is 2. The molecule has 0 bridgehead atoms. The number of carbonyl (C=O) groups is 2. The number of benzene rings is 2. The second-order valence-corrected chi connectivity index (χ2v) is 4.64. The highest BCUT2D eigenvalue weighted by Crippen LogP contribution is 2.25. The molecule has 0 saturated heterocycles. The van der Waals surface area contributed by atoms with E-state index in [1.54, 1.807) is 37.4 Å². The van der Waals surface area contributed by atoms with Gasteiger partial charge in [0, 0.05) is 12.6 Å². The third-order valence-electron chi connectivity index (χ3n) is 3.08. The highest BCUT2D eigenvalue weighted by Gasteiger charge is 2.11. The summed E-state index contributed by atoms with van der Waals surface area (Å²) < 4.78 is 10.6. The maximum Gasteiger partial charge on any atom is 0.262 e. The van der Waals surface area contributed by atoms with Crippen molar-refractivity contribution >= 4 is 17.5 Å². The largest absolute Gasteiger partial charge is 0.495 e. The summed E-state index contributed by atoms with van der Waals surface area (Å²) in [6, 6.07) is 13.8. The maximum absolute atomic E-state index is 12.0. The van der Waals surface area contributed by atoms with Gasteiger partial charge in [-0.1, -0.05) is 18.2 Å². The van der Waals surface area contributed by atoms with Gasteiger partial charge in [0.25, 0.3) is 11.8 Å². The van der Waals surface area contributed by atoms with Gasteiger partial charge in [-0.2, -0.15) is 0 Å². The lowest BCUT2D eigenvalue weighted by Crippen LogP contribution is -2.21. The molecule has 6 heteroatoms. The monoisotopic (exact) mass is 314 g/mol. The molecule has 0 atom stereocenters. The van der Waals surface area contributed by atoms with Crippen molar-refractivity contribution < 1.29 is 19.1 Å². The Morgan fingerprint density at radius 2 is 1.83 bits per heavy atom. The second-order valence-electron chi connectivity index (χ2n) is 4.64. The van der Waals surface area contributed by atoms with Gasteiger partial charge in [-0.05, 0) is 30.3 Å². The molecule has 0 saturated carbocycles. The zero-order chi connectivity index (χ0) is 16.7. The van der Waals surface area contributed by atoms with E-state index in [9.17, 15) is 9.59 Å². The van der Waals surface area contributed by atoms with Gasteiger partial charge in [0.2, 0.25) is 0 Å². The topological polar surface area (TPSA) is 76.7 Å². The molecule has 0 aliphatic carbocycles. The normalized spacial score (nSPS) is 9.83. The molecule has 120 valence electrons. The number of amides is 2. The molecule has 0 heterocycles. The van der Waals surface area contributed by atoms with E-state index in [0.717, 1.165) is 0 Å². The number of ether oxygens (including phenoxy) is 2. The molecule has 0 unspecified atom stereocenters. The minimum absolute atomic E-state index is 0.121. The molecular weight excluding hydrogens is 296 g/mol. The smallest absolute Gasteiger partial charge is 0.262 e. The van der Waals surface area contributed by atoms with E-state index in [1.165, 1.54) is 7.11 Å². The van der Waals surface area contributed by atoms with E-state index in [2.05, 4.69) is 10.6 Å². The van der Waals surface area contributed by atoms with E-state index >= 15 is 0 Å². The van der Waals surface area contributed by atoms with E-state index in [4.69, 9.17) is 9.47 Å². The molecule has 2 rings (SSSR count). The van der Waals surface area contributed by atoms with Crippen LogP contribution in [0.5, 0.6) is 11.5 Å². The summed E-state index contributed by atoms with van der Waals surface area (Å²) in [5, 5.41) is 5.22. The number of hydrogen-bond donors (Lipinski definition) is 2. The predicted molar refractivity (Wildman–Crippen MR) is 87.0 cm³/mol. The lowest BCUT2D eigenvalue weighted by atomic mass is 10.1. The predicted octanol–water partition coefficient (Wildman–Crippen LogP) is 2.07. The molecule has 0 aliphatic rings. The van der Waals surface area contributed by atoms with Crippen molar-refractivity contribution in [2.45, 2.75) is 0 Å². The first-order valence-electron chi connectivity index (χ1n) is 7.02. The number of rotatable bonds is 6. The molecule has 0 spiro atoms. The fourth-order valence-electron chi connectivity index (χ4n) is 1.93. The van der Waals surface area contributed by atoms with Crippen molar-refractivity contribution in [2.24, 2.45) is 0 Å². The van der Waals surface area contributed by atoms with E-state index < -0.39 is 0 Å². The highest BCUT2D eigenvalue weighted by atomic mass is 16.5. The van der Waals surface area contributed by atoms with Gasteiger partial charge in [0.1, 0.15) is 11.5 Å². The SMILES string of the molecule is CNC(=O)c1ccc(NC(=O)COc2ccccc2)c(OC)c1. The van der Waals surface area contributed by atoms with Crippen LogP contribution in [0.15, 0.2) is 48.5 Å². The summed E-state index contributed by atoms with van der Waals surface area (Å²) in [6.07, 6.45) is 0. The van der Waals surface area contributed by atoms with E-state index in [-0.39, 0.29) is 18.4 Å². The van der Waals surface area contributed by atoms with Gasteiger partial charge in [0.15, 0.2) is 6.61 Å². The van der Waals surface area contributed by atoms with Crippen LogP contribution >= 0.6 is 0 Å². The summed E-state index contributed by atoms with van der Waals surface area (Å²) in [6.45, 7) is -0.121. The quantitative estimate of drug-likeness (QED) is 0.856. The zero-order valence-electron chi connectivity index (χ0n) is 13.0. The van der Waals surface area contributed by atoms with Crippen molar-refractivity contribution in [3.63, 3.8) is 0 Å². The van der Waals surface area contributed by atoms with Crippen LogP contribution in [0.4, 0.5) is 5.69 Å². The van der Waals surface area contributed by atoms with E-state index in [0.29, 0.717) is 22.7 Å². The Hall–Kier alpha value is -3.02. The van der Waals surface area contributed by atoms with Crippen LogP contribution < -0.4 is 20.1 Å². The summed E-state index contributed by atoms with van der Waals surface area (Å²) in [5.74, 6) is 0.470. The van der Waals surface area contributed by atoms with Gasteiger partial charge in [0.05, 0.1) is 12.8 Å². The molecule has 0 aliphatic heterocycles. The third-order valence-corrected chi connectivity index (χ3v) is 3.08. The molecule has 2 amide bonds. The van der Waals surface area contributed by atoms with Gasteiger partial charge >= 0.3 is 0 Å². The number of nitrogens with one attached hydrogen (secondary N) is 2. The molecule has 6 nitrogen and oxygen atoms in total. The van der Waals surface area contributed by atoms with Gasteiger partial charge in [-0.15, -0.1) is 0 Å². The van der Waals surface area contributed by atoms with Crippen LogP contribution in [-0.4, -0.2) is 32.6 Å².